The van der Waals surface area contributed by atoms with E-state index in [4.69, 9.17) is 0 Å². The molecular weight excluding hydrogens is 323 g/mol. The van der Waals surface area contributed by atoms with Gasteiger partial charge in [0.2, 0.25) is 0 Å². The van der Waals surface area contributed by atoms with Crippen LogP contribution < -0.4 is 0 Å². The van der Waals surface area contributed by atoms with Gasteiger partial charge in [0, 0.05) is 34.3 Å². The van der Waals surface area contributed by atoms with Crippen LogP contribution in [0.4, 0.5) is 10.1 Å². The van der Waals surface area contributed by atoms with Gasteiger partial charge in [-0.3, -0.25) is 14.9 Å². The lowest BCUT2D eigenvalue weighted by molar-refractivity contribution is -0.384. The number of aromatic amines is 1. The van der Waals surface area contributed by atoms with Crippen molar-refractivity contribution in [2.75, 3.05) is 0 Å². The third kappa shape index (κ3) is 2.61. The van der Waals surface area contributed by atoms with E-state index in [1.54, 1.807) is 24.3 Å². The number of hydrogen-bond acceptors (Lipinski definition) is 3. The highest BCUT2D eigenvalue weighted by Crippen LogP contribution is 2.32. The van der Waals surface area contributed by atoms with Crippen LogP contribution in [0, 0.1) is 15.9 Å². The molecule has 3 aromatic rings. The van der Waals surface area contributed by atoms with Crippen molar-refractivity contribution in [1.82, 2.24) is 4.98 Å². The van der Waals surface area contributed by atoms with Gasteiger partial charge in [-0.1, -0.05) is 0 Å². The zero-order chi connectivity index (χ0) is 17.6. The average molecular weight is 336 g/mol. The highest BCUT2D eigenvalue weighted by Gasteiger charge is 2.26. The quantitative estimate of drug-likeness (QED) is 0.427. The number of aromatic nitrogens is 1. The number of nitro benzene ring substituents is 1. The van der Waals surface area contributed by atoms with Crippen LogP contribution in [-0.2, 0) is 6.42 Å². The smallest absolute Gasteiger partial charge is 0.269 e. The Hall–Kier alpha value is -3.28. The van der Waals surface area contributed by atoms with E-state index in [1.165, 1.54) is 24.3 Å². The van der Waals surface area contributed by atoms with E-state index in [1.807, 2.05) is 0 Å². The van der Waals surface area contributed by atoms with Crippen LogP contribution >= 0.6 is 0 Å². The van der Waals surface area contributed by atoms with Crippen molar-refractivity contribution < 1.29 is 14.1 Å². The molecule has 0 bridgehead atoms. The summed E-state index contributed by atoms with van der Waals surface area (Å²) in [4.78, 5) is 26.3. The second kappa shape index (κ2) is 5.66. The summed E-state index contributed by atoms with van der Waals surface area (Å²) in [6, 6.07) is 10.4. The summed E-state index contributed by atoms with van der Waals surface area (Å²) >= 11 is 0. The van der Waals surface area contributed by atoms with Crippen LogP contribution in [0.25, 0.3) is 17.0 Å². The second-order valence-corrected chi connectivity index (χ2v) is 6.02. The van der Waals surface area contributed by atoms with Gasteiger partial charge in [-0.05, 0) is 54.8 Å². The molecule has 0 saturated heterocycles. The fourth-order valence-electron chi connectivity index (χ4n) is 3.23. The number of ketones is 1. The fraction of sp³-hybridized carbons (Fsp3) is 0.105. The molecule has 0 saturated carbocycles. The number of nitrogens with one attached hydrogen (secondary N) is 1. The van der Waals surface area contributed by atoms with Gasteiger partial charge in [0.1, 0.15) is 5.82 Å². The Balaban J connectivity index is 1.74. The van der Waals surface area contributed by atoms with Crippen molar-refractivity contribution in [3.63, 3.8) is 0 Å². The molecule has 25 heavy (non-hydrogen) atoms. The number of carbonyl (C=O) groups excluding carboxylic acids is 1. The average Bonchev–Trinajstić information content (AvgIpc) is 2.96. The van der Waals surface area contributed by atoms with Crippen molar-refractivity contribution in [3.8, 4) is 0 Å². The monoisotopic (exact) mass is 336 g/mol. The molecule has 0 atom stereocenters. The lowest BCUT2D eigenvalue weighted by Crippen LogP contribution is -2.13. The lowest BCUT2D eigenvalue weighted by atomic mass is 9.88. The minimum atomic E-state index is -0.463. The van der Waals surface area contributed by atoms with Gasteiger partial charge in [-0.15, -0.1) is 0 Å². The SMILES string of the molecule is O=C1/C(=C\c2ccc([N+](=O)[O-])cc2)CCc2[nH]c3ccc(F)cc3c21. The summed E-state index contributed by atoms with van der Waals surface area (Å²) in [7, 11) is 0. The van der Waals surface area contributed by atoms with Crippen molar-refractivity contribution in [2.24, 2.45) is 0 Å². The Kier molecular flexibility index (Phi) is 3.46. The number of halogens is 1. The molecule has 5 nitrogen and oxygen atoms in total. The predicted molar refractivity (Wildman–Crippen MR) is 92.0 cm³/mol. The maximum Gasteiger partial charge on any atom is 0.269 e. The summed E-state index contributed by atoms with van der Waals surface area (Å²) in [6.07, 6.45) is 2.97. The van der Waals surface area contributed by atoms with E-state index in [0.29, 0.717) is 29.4 Å². The largest absolute Gasteiger partial charge is 0.358 e. The first-order valence-electron chi connectivity index (χ1n) is 7.83. The molecule has 0 aliphatic heterocycles. The zero-order valence-corrected chi connectivity index (χ0v) is 13.1. The number of non-ortho nitro benzene ring substituents is 1. The normalized spacial score (nSPS) is 15.6. The Morgan fingerprint density at radius 3 is 2.60 bits per heavy atom. The Morgan fingerprint density at radius 1 is 1.12 bits per heavy atom. The highest BCUT2D eigenvalue weighted by molar-refractivity contribution is 6.19. The van der Waals surface area contributed by atoms with Crippen LogP contribution in [0.1, 0.15) is 28.0 Å². The number of fused-ring (bicyclic) bond motifs is 3. The minimum absolute atomic E-state index is 0.00603. The summed E-state index contributed by atoms with van der Waals surface area (Å²) in [5.41, 5.74) is 3.44. The van der Waals surface area contributed by atoms with E-state index in [2.05, 4.69) is 4.98 Å². The summed E-state index contributed by atoms with van der Waals surface area (Å²) in [5, 5.41) is 11.3. The Bertz CT molecular complexity index is 1050. The van der Waals surface area contributed by atoms with Crippen molar-refractivity contribution >= 4 is 28.4 Å². The van der Waals surface area contributed by atoms with Gasteiger partial charge < -0.3 is 4.98 Å². The standard InChI is InChI=1S/C19H13FN2O3/c20-13-4-8-16-15(10-13)18-17(21-16)7-3-12(19(18)23)9-11-1-5-14(6-2-11)22(24)25/h1-2,4-6,8-10,21H,3,7H2/b12-9-. The van der Waals surface area contributed by atoms with Gasteiger partial charge in [0.25, 0.3) is 5.69 Å². The van der Waals surface area contributed by atoms with Gasteiger partial charge in [-0.25, -0.2) is 4.39 Å². The molecule has 4 rings (SSSR count). The molecule has 0 spiro atoms. The minimum Gasteiger partial charge on any atom is -0.358 e. The summed E-state index contributed by atoms with van der Waals surface area (Å²) in [5.74, 6) is -0.509. The van der Waals surface area contributed by atoms with E-state index in [-0.39, 0.29) is 17.3 Å². The third-order valence-electron chi connectivity index (χ3n) is 4.45. The molecule has 0 radical (unpaired) electrons. The first-order chi connectivity index (χ1) is 12.0. The van der Waals surface area contributed by atoms with Crippen LogP contribution in [0.15, 0.2) is 48.0 Å². The van der Waals surface area contributed by atoms with Crippen molar-refractivity contribution in [3.05, 3.63) is 80.8 Å². The highest BCUT2D eigenvalue weighted by atomic mass is 19.1. The van der Waals surface area contributed by atoms with Crippen molar-refractivity contribution in [2.45, 2.75) is 12.8 Å². The Labute approximate surface area is 141 Å². The third-order valence-corrected chi connectivity index (χ3v) is 4.45. The number of carbonyl (C=O) groups is 1. The molecule has 2 aromatic carbocycles. The number of Topliss-reactive ketones (excluding diaryl/α,β-unsaturated/α-hetero) is 1. The maximum atomic E-state index is 13.6. The topological polar surface area (TPSA) is 76.0 Å². The number of allylic oxidation sites excluding steroid dienone is 1. The van der Waals surface area contributed by atoms with Gasteiger partial charge in [-0.2, -0.15) is 0 Å². The molecule has 1 aliphatic rings. The molecule has 0 amide bonds. The predicted octanol–water partition coefficient (Wildman–Crippen LogP) is 4.43. The van der Waals surface area contributed by atoms with Crippen molar-refractivity contribution in [1.29, 1.82) is 0 Å². The molecule has 0 fully saturated rings. The summed E-state index contributed by atoms with van der Waals surface area (Å²) < 4.78 is 13.6. The van der Waals surface area contributed by atoms with Crippen LogP contribution in [0.5, 0.6) is 0 Å². The first-order valence-corrected chi connectivity index (χ1v) is 7.83. The molecular formula is C19H13FN2O3. The lowest BCUT2D eigenvalue weighted by Gasteiger charge is -2.14. The molecule has 1 aliphatic carbocycles. The van der Waals surface area contributed by atoms with Crippen LogP contribution in [0.2, 0.25) is 0 Å². The second-order valence-electron chi connectivity index (χ2n) is 6.02. The van der Waals surface area contributed by atoms with E-state index in [0.717, 1.165) is 16.8 Å². The number of aryl methyl sites for hydroxylation is 1. The van der Waals surface area contributed by atoms with E-state index < -0.39 is 4.92 Å². The van der Waals surface area contributed by atoms with Gasteiger partial charge in [0.05, 0.1) is 10.5 Å². The zero-order valence-electron chi connectivity index (χ0n) is 13.1. The van der Waals surface area contributed by atoms with Gasteiger partial charge >= 0.3 is 0 Å². The molecule has 1 N–H and O–H groups in total. The van der Waals surface area contributed by atoms with Gasteiger partial charge in [0.15, 0.2) is 5.78 Å². The number of rotatable bonds is 2. The molecule has 124 valence electrons. The number of H-pyrrole nitrogens is 1. The number of hydrogen-bond donors (Lipinski definition) is 1. The molecule has 0 unspecified atom stereocenters. The maximum absolute atomic E-state index is 13.6. The van der Waals surface area contributed by atoms with Crippen LogP contribution in [0.3, 0.4) is 0 Å². The molecule has 6 heteroatoms. The van der Waals surface area contributed by atoms with Crippen LogP contribution in [-0.4, -0.2) is 15.7 Å². The molecule has 1 heterocycles. The fourth-order valence-corrected chi connectivity index (χ4v) is 3.23. The number of nitro groups is 1. The molecule has 1 aromatic heterocycles. The first kappa shape index (κ1) is 15.3. The number of benzene rings is 2. The van der Waals surface area contributed by atoms with E-state index >= 15 is 0 Å². The van der Waals surface area contributed by atoms with E-state index in [9.17, 15) is 19.3 Å². The number of nitrogens with zero attached hydrogens (tertiary/aromatic N) is 1. The summed E-state index contributed by atoms with van der Waals surface area (Å²) in [6.45, 7) is 0. The Morgan fingerprint density at radius 2 is 1.88 bits per heavy atom.